The smallest absolute Gasteiger partial charge is 0.187 e. The summed E-state index contributed by atoms with van der Waals surface area (Å²) in [5.41, 5.74) is 2.68. The fourth-order valence-corrected chi connectivity index (χ4v) is 2.82. The Morgan fingerprint density at radius 1 is 1.00 bits per heavy atom. The molecule has 0 saturated heterocycles. The van der Waals surface area contributed by atoms with Gasteiger partial charge in [-0.2, -0.15) is 0 Å². The average Bonchev–Trinajstić information content (AvgIpc) is 3.04. The van der Waals surface area contributed by atoms with Crippen LogP contribution in [0.5, 0.6) is 0 Å². The number of aromatic amines is 1. The molecule has 2 aromatic carbocycles. The third-order valence-corrected chi connectivity index (χ3v) is 3.98. The predicted octanol–water partition coefficient (Wildman–Crippen LogP) is 5.03. The van der Waals surface area contributed by atoms with Gasteiger partial charge in [-0.1, -0.05) is 42.5 Å². The van der Waals surface area contributed by atoms with Gasteiger partial charge < -0.3 is 4.98 Å². The van der Waals surface area contributed by atoms with E-state index in [0.29, 0.717) is 5.56 Å². The Hall–Kier alpha value is -2.91. The zero-order chi connectivity index (χ0) is 15.6. The fourth-order valence-electron chi connectivity index (χ4n) is 2.82. The van der Waals surface area contributed by atoms with Crippen LogP contribution in [0.1, 0.15) is 15.9 Å². The number of hydrogen-bond donors (Lipinski definition) is 1. The zero-order valence-corrected chi connectivity index (χ0v) is 13.6. The van der Waals surface area contributed by atoms with Crippen molar-refractivity contribution in [1.29, 1.82) is 0 Å². The Morgan fingerprint density at radius 3 is 2.79 bits per heavy atom. The van der Waals surface area contributed by atoms with Crippen LogP contribution >= 0.6 is 12.4 Å². The number of nitrogens with one attached hydrogen (secondary N) is 1. The van der Waals surface area contributed by atoms with Crippen molar-refractivity contribution in [1.82, 2.24) is 9.97 Å². The molecule has 4 rings (SSSR count). The second kappa shape index (κ2) is 6.69. The van der Waals surface area contributed by atoms with Crippen LogP contribution in [0.3, 0.4) is 0 Å². The highest BCUT2D eigenvalue weighted by Crippen LogP contribution is 2.21. The number of fused-ring (bicyclic) bond motifs is 2. The van der Waals surface area contributed by atoms with Crippen molar-refractivity contribution < 1.29 is 4.79 Å². The monoisotopic (exact) mass is 334 g/mol. The summed E-state index contributed by atoms with van der Waals surface area (Å²) in [6, 6.07) is 15.8. The number of aromatic nitrogens is 2. The average molecular weight is 335 g/mol. The molecule has 0 bridgehead atoms. The number of halogens is 1. The highest BCUT2D eigenvalue weighted by atomic mass is 35.5. The van der Waals surface area contributed by atoms with E-state index < -0.39 is 0 Å². The van der Waals surface area contributed by atoms with Gasteiger partial charge in [0, 0.05) is 40.4 Å². The minimum Gasteiger partial charge on any atom is -0.360 e. The summed E-state index contributed by atoms with van der Waals surface area (Å²) in [5.74, 6) is -0.00601. The number of pyridine rings is 1. The van der Waals surface area contributed by atoms with Gasteiger partial charge in [0.2, 0.25) is 0 Å². The number of carbonyl (C=O) groups excluding carboxylic acids is 1. The third-order valence-electron chi connectivity index (χ3n) is 3.98. The van der Waals surface area contributed by atoms with Gasteiger partial charge in [-0.25, -0.2) is 0 Å². The standard InChI is InChI=1S/C20H14N2O.ClH/c23-20(18-13-22-19-7-2-1-6-17(18)19)9-8-14-4-3-5-15-12-21-11-10-16(14)15;/h1-13,22H;1H/b9-8+;. The van der Waals surface area contributed by atoms with Gasteiger partial charge in [0.15, 0.2) is 5.78 Å². The van der Waals surface area contributed by atoms with Gasteiger partial charge in [0.1, 0.15) is 0 Å². The molecular weight excluding hydrogens is 320 g/mol. The summed E-state index contributed by atoms with van der Waals surface area (Å²) in [4.78, 5) is 19.8. The minimum absolute atomic E-state index is 0. The number of hydrogen-bond acceptors (Lipinski definition) is 2. The second-order valence-electron chi connectivity index (χ2n) is 5.39. The molecule has 2 aromatic heterocycles. The molecule has 1 N–H and O–H groups in total. The van der Waals surface area contributed by atoms with E-state index in [1.165, 1.54) is 0 Å². The number of allylic oxidation sites excluding steroid dienone is 1. The largest absolute Gasteiger partial charge is 0.360 e. The first-order chi connectivity index (χ1) is 11.3. The van der Waals surface area contributed by atoms with E-state index in [1.54, 1.807) is 18.5 Å². The lowest BCUT2D eigenvalue weighted by atomic mass is 10.0. The molecule has 0 amide bonds. The number of carbonyl (C=O) groups is 1. The second-order valence-corrected chi connectivity index (χ2v) is 5.39. The number of rotatable bonds is 3. The zero-order valence-electron chi connectivity index (χ0n) is 12.8. The molecule has 0 aliphatic heterocycles. The maximum absolute atomic E-state index is 12.5. The molecule has 118 valence electrons. The summed E-state index contributed by atoms with van der Waals surface area (Å²) in [6.07, 6.45) is 8.86. The summed E-state index contributed by atoms with van der Waals surface area (Å²) in [6.45, 7) is 0. The van der Waals surface area contributed by atoms with E-state index in [9.17, 15) is 4.79 Å². The fraction of sp³-hybridized carbons (Fsp3) is 0. The molecule has 0 aliphatic rings. The molecule has 0 atom stereocenters. The summed E-state index contributed by atoms with van der Waals surface area (Å²) in [7, 11) is 0. The highest BCUT2D eigenvalue weighted by Gasteiger charge is 2.08. The van der Waals surface area contributed by atoms with Gasteiger partial charge in [0.25, 0.3) is 0 Å². The molecular formula is C20H15ClN2O. The summed E-state index contributed by atoms with van der Waals surface area (Å²) < 4.78 is 0. The number of nitrogens with zero attached hydrogens (tertiary/aromatic N) is 1. The van der Waals surface area contributed by atoms with Crippen LogP contribution in [0.15, 0.2) is 73.2 Å². The molecule has 24 heavy (non-hydrogen) atoms. The molecule has 0 spiro atoms. The van der Waals surface area contributed by atoms with E-state index in [0.717, 1.165) is 27.2 Å². The Kier molecular flexibility index (Phi) is 4.45. The minimum atomic E-state index is -0.00601. The van der Waals surface area contributed by atoms with Crippen molar-refractivity contribution in [2.24, 2.45) is 0 Å². The van der Waals surface area contributed by atoms with E-state index in [4.69, 9.17) is 0 Å². The van der Waals surface area contributed by atoms with Gasteiger partial charge in [-0.3, -0.25) is 9.78 Å². The van der Waals surface area contributed by atoms with Crippen molar-refractivity contribution in [3.05, 3.63) is 84.3 Å². The lowest BCUT2D eigenvalue weighted by Crippen LogP contribution is -1.92. The van der Waals surface area contributed by atoms with Crippen LogP contribution in [0, 0.1) is 0 Å². The van der Waals surface area contributed by atoms with Crippen molar-refractivity contribution in [2.45, 2.75) is 0 Å². The third kappa shape index (κ3) is 2.82. The topological polar surface area (TPSA) is 45.8 Å². The Morgan fingerprint density at radius 2 is 1.88 bits per heavy atom. The normalized spacial score (nSPS) is 11.0. The molecule has 4 heteroatoms. The van der Waals surface area contributed by atoms with Gasteiger partial charge in [0.05, 0.1) is 0 Å². The maximum Gasteiger partial charge on any atom is 0.187 e. The molecule has 0 saturated carbocycles. The maximum atomic E-state index is 12.5. The molecule has 2 heterocycles. The molecule has 3 nitrogen and oxygen atoms in total. The van der Waals surface area contributed by atoms with E-state index in [-0.39, 0.29) is 18.2 Å². The van der Waals surface area contributed by atoms with Crippen LogP contribution in [-0.4, -0.2) is 15.8 Å². The van der Waals surface area contributed by atoms with Crippen LogP contribution in [0.25, 0.3) is 27.8 Å². The van der Waals surface area contributed by atoms with Crippen molar-refractivity contribution in [3.8, 4) is 0 Å². The van der Waals surface area contributed by atoms with Crippen LogP contribution < -0.4 is 0 Å². The lowest BCUT2D eigenvalue weighted by molar-refractivity contribution is 0.104. The Labute approximate surface area is 145 Å². The molecule has 4 aromatic rings. The molecule has 0 unspecified atom stereocenters. The first kappa shape index (κ1) is 16.0. The Bertz CT molecular complexity index is 1040. The van der Waals surface area contributed by atoms with Gasteiger partial charge in [-0.05, 0) is 29.2 Å². The van der Waals surface area contributed by atoms with Gasteiger partial charge in [-0.15, -0.1) is 12.4 Å². The van der Waals surface area contributed by atoms with Crippen LogP contribution in [0.4, 0.5) is 0 Å². The van der Waals surface area contributed by atoms with E-state index in [1.807, 2.05) is 60.8 Å². The van der Waals surface area contributed by atoms with Crippen molar-refractivity contribution in [2.75, 3.05) is 0 Å². The predicted molar refractivity (Wildman–Crippen MR) is 101 cm³/mol. The highest BCUT2D eigenvalue weighted by molar-refractivity contribution is 6.15. The first-order valence-corrected chi connectivity index (χ1v) is 7.44. The number of H-pyrrole nitrogens is 1. The van der Waals surface area contributed by atoms with E-state index in [2.05, 4.69) is 9.97 Å². The number of benzene rings is 2. The summed E-state index contributed by atoms with van der Waals surface area (Å²) in [5, 5.41) is 3.10. The molecule has 0 fully saturated rings. The van der Waals surface area contributed by atoms with Crippen LogP contribution in [0.2, 0.25) is 0 Å². The van der Waals surface area contributed by atoms with Crippen molar-refractivity contribution >= 4 is 45.9 Å². The molecule has 0 radical (unpaired) electrons. The first-order valence-electron chi connectivity index (χ1n) is 7.44. The number of para-hydroxylation sites is 1. The SMILES string of the molecule is Cl.O=C(/C=C/c1cccc2cnccc12)c1c[nH]c2ccccc12. The lowest BCUT2D eigenvalue weighted by Gasteiger charge is -2.01. The Balaban J connectivity index is 0.00000169. The number of ketones is 1. The van der Waals surface area contributed by atoms with E-state index >= 15 is 0 Å². The summed E-state index contributed by atoms with van der Waals surface area (Å²) >= 11 is 0. The van der Waals surface area contributed by atoms with Crippen molar-refractivity contribution in [3.63, 3.8) is 0 Å². The van der Waals surface area contributed by atoms with Crippen LogP contribution in [-0.2, 0) is 0 Å². The molecule has 0 aliphatic carbocycles. The quantitative estimate of drug-likeness (QED) is 0.421. The van der Waals surface area contributed by atoms with Gasteiger partial charge >= 0.3 is 0 Å².